The zero-order valence-electron chi connectivity index (χ0n) is 9.55. The number of nitro benzene ring substituents is 1. The molecule has 7 nitrogen and oxygen atoms in total. The molecule has 0 heterocycles. The highest BCUT2D eigenvalue weighted by Gasteiger charge is 2.57. The third-order valence-corrected chi connectivity index (χ3v) is 3.69. The van der Waals surface area contributed by atoms with Crippen molar-refractivity contribution in [3.05, 3.63) is 32.8 Å². The van der Waals surface area contributed by atoms with Gasteiger partial charge >= 0.3 is 5.97 Å². The first-order valence-electron chi connectivity index (χ1n) is 5.35. The summed E-state index contributed by atoms with van der Waals surface area (Å²) in [6, 6.07) is 3.89. The monoisotopic (exact) mass is 328 g/mol. The molecule has 1 aliphatic rings. The number of anilines is 1. The van der Waals surface area contributed by atoms with Crippen LogP contribution in [0.5, 0.6) is 0 Å². The maximum absolute atomic E-state index is 11.9. The second-order valence-electron chi connectivity index (χ2n) is 4.26. The fourth-order valence-corrected chi connectivity index (χ4v) is 1.97. The van der Waals surface area contributed by atoms with Crippen LogP contribution in [0.2, 0.25) is 0 Å². The minimum Gasteiger partial charge on any atom is -0.480 e. The Morgan fingerprint density at radius 2 is 2.05 bits per heavy atom. The van der Waals surface area contributed by atoms with Crippen molar-refractivity contribution in [2.45, 2.75) is 12.8 Å². The van der Waals surface area contributed by atoms with Crippen LogP contribution in [0.25, 0.3) is 0 Å². The maximum Gasteiger partial charge on any atom is 0.319 e. The Morgan fingerprint density at radius 3 is 2.53 bits per heavy atom. The van der Waals surface area contributed by atoms with E-state index in [0.717, 1.165) is 0 Å². The Morgan fingerprint density at radius 1 is 1.42 bits per heavy atom. The molecule has 0 aliphatic heterocycles. The molecule has 1 amide bonds. The zero-order valence-corrected chi connectivity index (χ0v) is 11.1. The number of amides is 1. The van der Waals surface area contributed by atoms with Gasteiger partial charge in [-0.15, -0.1) is 0 Å². The number of non-ortho nitro benzene ring substituents is 1. The van der Waals surface area contributed by atoms with Crippen molar-refractivity contribution in [3.63, 3.8) is 0 Å². The van der Waals surface area contributed by atoms with E-state index in [1.54, 1.807) is 0 Å². The topological polar surface area (TPSA) is 110 Å². The number of halogens is 1. The van der Waals surface area contributed by atoms with Crippen LogP contribution >= 0.6 is 15.9 Å². The standard InChI is InChI=1S/C11H9BrN2O5/c12-7-2-1-6(14(18)19)5-8(7)13-9(15)11(3-4-11)10(16)17/h1-2,5H,3-4H2,(H,13,15)(H,16,17). The Balaban J connectivity index is 2.24. The Kier molecular flexibility index (Phi) is 3.27. The number of carboxylic acid groups (broad SMARTS) is 1. The van der Waals surface area contributed by atoms with Gasteiger partial charge in [-0.3, -0.25) is 19.7 Å². The van der Waals surface area contributed by atoms with Crippen molar-refractivity contribution in [3.8, 4) is 0 Å². The second-order valence-corrected chi connectivity index (χ2v) is 5.12. The molecular weight excluding hydrogens is 320 g/mol. The molecule has 0 saturated heterocycles. The van der Waals surface area contributed by atoms with E-state index < -0.39 is 22.2 Å². The summed E-state index contributed by atoms with van der Waals surface area (Å²) in [6.45, 7) is 0. The van der Waals surface area contributed by atoms with Gasteiger partial charge in [-0.1, -0.05) is 0 Å². The first-order chi connectivity index (χ1) is 8.86. The van der Waals surface area contributed by atoms with Crippen LogP contribution in [0, 0.1) is 15.5 Å². The minimum absolute atomic E-state index is 0.182. The number of carbonyl (C=O) groups excluding carboxylic acids is 1. The second kappa shape index (κ2) is 4.61. The number of rotatable bonds is 4. The average molecular weight is 329 g/mol. The molecule has 2 rings (SSSR count). The van der Waals surface area contributed by atoms with E-state index >= 15 is 0 Å². The van der Waals surface area contributed by atoms with Crippen molar-refractivity contribution in [2.24, 2.45) is 5.41 Å². The largest absolute Gasteiger partial charge is 0.480 e. The molecule has 0 unspecified atom stereocenters. The summed E-state index contributed by atoms with van der Waals surface area (Å²) in [7, 11) is 0. The number of nitrogens with zero attached hydrogens (tertiary/aromatic N) is 1. The van der Waals surface area contributed by atoms with Crippen molar-refractivity contribution in [1.82, 2.24) is 0 Å². The smallest absolute Gasteiger partial charge is 0.319 e. The summed E-state index contributed by atoms with van der Waals surface area (Å²) >= 11 is 3.15. The summed E-state index contributed by atoms with van der Waals surface area (Å²) in [5.74, 6) is -1.83. The van der Waals surface area contributed by atoms with Crippen LogP contribution in [-0.2, 0) is 9.59 Å². The van der Waals surface area contributed by atoms with Crippen LogP contribution in [-0.4, -0.2) is 21.9 Å². The van der Waals surface area contributed by atoms with Crippen molar-refractivity contribution >= 4 is 39.2 Å². The lowest BCUT2D eigenvalue weighted by atomic mass is 10.1. The molecule has 0 aromatic heterocycles. The first-order valence-corrected chi connectivity index (χ1v) is 6.15. The number of nitrogens with one attached hydrogen (secondary N) is 1. The third kappa shape index (κ3) is 2.43. The van der Waals surface area contributed by atoms with Crippen molar-refractivity contribution < 1.29 is 19.6 Å². The van der Waals surface area contributed by atoms with Gasteiger partial charge in [-0.2, -0.15) is 0 Å². The molecule has 19 heavy (non-hydrogen) atoms. The molecule has 0 atom stereocenters. The predicted molar refractivity (Wildman–Crippen MR) is 68.7 cm³/mol. The van der Waals surface area contributed by atoms with Gasteiger partial charge in [0.25, 0.3) is 5.69 Å². The molecule has 1 saturated carbocycles. The van der Waals surface area contributed by atoms with Crippen LogP contribution in [0.3, 0.4) is 0 Å². The summed E-state index contributed by atoms with van der Waals surface area (Å²) in [5.41, 5.74) is -1.38. The SMILES string of the molecule is O=C(O)C1(C(=O)Nc2cc([N+](=O)[O-])ccc2Br)CC1. The van der Waals surface area contributed by atoms with Crippen LogP contribution in [0.15, 0.2) is 22.7 Å². The molecule has 0 bridgehead atoms. The number of carbonyl (C=O) groups is 2. The average Bonchev–Trinajstić information content (AvgIpc) is 3.12. The number of carboxylic acids is 1. The normalized spacial score (nSPS) is 15.6. The molecule has 8 heteroatoms. The van der Waals surface area contributed by atoms with Gasteiger partial charge in [0.15, 0.2) is 0 Å². The highest BCUT2D eigenvalue weighted by atomic mass is 79.9. The highest BCUT2D eigenvalue weighted by molar-refractivity contribution is 9.10. The lowest BCUT2D eigenvalue weighted by Gasteiger charge is -2.11. The Hall–Kier alpha value is -1.96. The van der Waals surface area contributed by atoms with E-state index in [9.17, 15) is 19.7 Å². The fourth-order valence-electron chi connectivity index (χ4n) is 1.63. The number of benzene rings is 1. The molecule has 100 valence electrons. The summed E-state index contributed by atoms with van der Waals surface area (Å²) in [5, 5.41) is 22.1. The van der Waals surface area contributed by atoms with E-state index in [1.165, 1.54) is 18.2 Å². The summed E-state index contributed by atoms with van der Waals surface area (Å²) in [4.78, 5) is 32.9. The lowest BCUT2D eigenvalue weighted by Crippen LogP contribution is -2.31. The molecule has 0 spiro atoms. The van der Waals surface area contributed by atoms with E-state index in [2.05, 4.69) is 21.2 Å². The third-order valence-electron chi connectivity index (χ3n) is 3.00. The highest BCUT2D eigenvalue weighted by Crippen LogP contribution is 2.47. The molecule has 2 N–H and O–H groups in total. The zero-order chi connectivity index (χ0) is 14.2. The van der Waals surface area contributed by atoms with Crippen LogP contribution in [0.4, 0.5) is 11.4 Å². The van der Waals surface area contributed by atoms with Crippen LogP contribution < -0.4 is 5.32 Å². The van der Waals surface area contributed by atoms with Gasteiger partial charge in [0, 0.05) is 16.6 Å². The van der Waals surface area contributed by atoms with Gasteiger partial charge in [-0.05, 0) is 34.8 Å². The van der Waals surface area contributed by atoms with Gasteiger partial charge in [-0.25, -0.2) is 0 Å². The minimum atomic E-state index is -1.38. The van der Waals surface area contributed by atoms with Gasteiger partial charge in [0.2, 0.25) is 5.91 Å². The van der Waals surface area contributed by atoms with Gasteiger partial charge in [0.05, 0.1) is 10.6 Å². The van der Waals surface area contributed by atoms with Gasteiger partial charge < -0.3 is 10.4 Å². The predicted octanol–water partition coefficient (Wildman–Crippen LogP) is 2.16. The Bertz CT molecular complexity index is 582. The number of hydrogen-bond acceptors (Lipinski definition) is 4. The molecule has 0 radical (unpaired) electrons. The number of aliphatic carboxylic acids is 1. The van der Waals surface area contributed by atoms with Gasteiger partial charge in [0.1, 0.15) is 5.41 Å². The van der Waals surface area contributed by atoms with E-state index in [4.69, 9.17) is 5.11 Å². The summed E-state index contributed by atoms with van der Waals surface area (Å²) < 4.78 is 0.452. The van der Waals surface area contributed by atoms with E-state index in [1.807, 2.05) is 0 Å². The number of nitro groups is 1. The molecule has 1 aliphatic carbocycles. The summed E-state index contributed by atoms with van der Waals surface area (Å²) in [6.07, 6.45) is 0.557. The molecule has 1 fully saturated rings. The maximum atomic E-state index is 11.9. The van der Waals surface area contributed by atoms with E-state index in [0.29, 0.717) is 4.47 Å². The van der Waals surface area contributed by atoms with Crippen LogP contribution in [0.1, 0.15) is 12.8 Å². The van der Waals surface area contributed by atoms with Crippen molar-refractivity contribution in [2.75, 3.05) is 5.32 Å². The Labute approximate surface area is 115 Å². The lowest BCUT2D eigenvalue weighted by molar-refractivity contribution is -0.384. The molecule has 1 aromatic carbocycles. The fraction of sp³-hybridized carbons (Fsp3) is 0.273. The molecular formula is C11H9BrN2O5. The number of hydrogen-bond donors (Lipinski definition) is 2. The van der Waals surface area contributed by atoms with E-state index in [-0.39, 0.29) is 24.2 Å². The first kappa shape index (κ1) is 13.5. The molecule has 1 aromatic rings. The van der Waals surface area contributed by atoms with Crippen molar-refractivity contribution in [1.29, 1.82) is 0 Å². The quantitative estimate of drug-likeness (QED) is 0.500.